The molecule has 7 nitrogen and oxygen atoms in total. The minimum absolute atomic E-state index is 0.191. The second kappa shape index (κ2) is 9.91. The first-order valence-electron chi connectivity index (χ1n) is 8.74. The number of carbonyl (C=O) groups excluding carboxylic acids is 2. The number of esters is 1. The lowest BCUT2D eigenvalue weighted by atomic mass is 10.1. The minimum atomic E-state index is -0.946. The van der Waals surface area contributed by atoms with Crippen LogP contribution in [0.4, 0.5) is 10.8 Å². The third kappa shape index (κ3) is 6.56. The number of ether oxygens (including phenoxy) is 2. The summed E-state index contributed by atoms with van der Waals surface area (Å²) in [5.41, 5.74) is 0.783. The molecule has 2 rings (SSSR count). The van der Waals surface area contributed by atoms with Crippen molar-refractivity contribution in [1.82, 2.24) is 4.98 Å². The summed E-state index contributed by atoms with van der Waals surface area (Å²) in [7, 11) is 1.57. The van der Waals surface area contributed by atoms with Gasteiger partial charge < -0.3 is 20.1 Å². The predicted molar refractivity (Wildman–Crippen MR) is 107 cm³/mol. The maximum atomic E-state index is 12.2. The second-order valence-electron chi connectivity index (χ2n) is 6.41. The Balaban J connectivity index is 1.84. The van der Waals surface area contributed by atoms with E-state index in [1.54, 1.807) is 36.8 Å². The van der Waals surface area contributed by atoms with Gasteiger partial charge in [0.15, 0.2) is 16.9 Å². The molecule has 0 aliphatic heterocycles. The lowest BCUT2D eigenvalue weighted by molar-refractivity contribution is -0.123. The molecule has 146 valence electrons. The van der Waals surface area contributed by atoms with E-state index < -0.39 is 18.0 Å². The van der Waals surface area contributed by atoms with Crippen LogP contribution in [0.1, 0.15) is 37.7 Å². The van der Waals surface area contributed by atoms with Crippen molar-refractivity contribution in [3.05, 3.63) is 35.3 Å². The Bertz CT molecular complexity index is 759. The van der Waals surface area contributed by atoms with E-state index in [0.717, 1.165) is 13.0 Å². The van der Waals surface area contributed by atoms with Crippen LogP contribution in [0.15, 0.2) is 29.6 Å². The molecule has 0 aliphatic rings. The average Bonchev–Trinajstić information content (AvgIpc) is 3.11. The highest BCUT2D eigenvalue weighted by molar-refractivity contribution is 7.13. The first-order chi connectivity index (χ1) is 12.9. The topological polar surface area (TPSA) is 89.5 Å². The number of nitrogens with one attached hydrogen (secondary N) is 2. The fourth-order valence-electron chi connectivity index (χ4n) is 2.11. The molecular weight excluding hydrogens is 366 g/mol. The van der Waals surface area contributed by atoms with Gasteiger partial charge in [-0.3, -0.25) is 4.79 Å². The number of benzene rings is 1. The van der Waals surface area contributed by atoms with Gasteiger partial charge in [-0.15, -0.1) is 11.3 Å². The van der Waals surface area contributed by atoms with E-state index in [1.165, 1.54) is 18.3 Å². The Morgan fingerprint density at radius 1 is 1.19 bits per heavy atom. The molecule has 2 N–H and O–H groups in total. The number of anilines is 2. The number of methoxy groups -OCH3 is 1. The number of hydrogen-bond acceptors (Lipinski definition) is 7. The molecule has 1 aromatic heterocycles. The highest BCUT2D eigenvalue weighted by Gasteiger charge is 2.21. The van der Waals surface area contributed by atoms with E-state index >= 15 is 0 Å². The average molecular weight is 391 g/mol. The second-order valence-corrected chi connectivity index (χ2v) is 7.27. The predicted octanol–water partition coefficient (Wildman–Crippen LogP) is 3.79. The van der Waals surface area contributed by atoms with Gasteiger partial charge in [0.25, 0.3) is 5.91 Å². The van der Waals surface area contributed by atoms with Crippen LogP contribution in [0, 0.1) is 5.92 Å². The fourth-order valence-corrected chi connectivity index (χ4v) is 2.82. The summed E-state index contributed by atoms with van der Waals surface area (Å²) in [6, 6.07) is 6.88. The van der Waals surface area contributed by atoms with Crippen LogP contribution >= 0.6 is 11.3 Å². The monoisotopic (exact) mass is 391 g/mol. The standard InChI is InChI=1S/C19H25N3O4S/c1-12(2)9-10-20-19-22-16(11-27-19)18(24)26-13(3)17(23)21-14-5-7-15(25-4)8-6-14/h5-8,11-13H,9-10H2,1-4H3,(H,20,22)(H,21,23)/t13-/m1/s1. The van der Waals surface area contributed by atoms with E-state index in [2.05, 4.69) is 29.5 Å². The molecular formula is C19H25N3O4S. The number of hydrogen-bond donors (Lipinski definition) is 2. The molecule has 0 bridgehead atoms. The largest absolute Gasteiger partial charge is 0.497 e. The van der Waals surface area contributed by atoms with Crippen molar-refractivity contribution < 1.29 is 19.1 Å². The maximum absolute atomic E-state index is 12.2. The van der Waals surface area contributed by atoms with Gasteiger partial charge in [0, 0.05) is 17.6 Å². The number of nitrogens with zero attached hydrogens (tertiary/aromatic N) is 1. The molecule has 8 heteroatoms. The Kier molecular flexibility index (Phi) is 7.60. The molecule has 1 amide bonds. The molecule has 1 atom stereocenters. The molecule has 27 heavy (non-hydrogen) atoms. The van der Waals surface area contributed by atoms with E-state index in [-0.39, 0.29) is 5.69 Å². The van der Waals surface area contributed by atoms with Crippen molar-refractivity contribution in [1.29, 1.82) is 0 Å². The van der Waals surface area contributed by atoms with Gasteiger partial charge in [0.2, 0.25) is 0 Å². The highest BCUT2D eigenvalue weighted by atomic mass is 32.1. The minimum Gasteiger partial charge on any atom is -0.497 e. The van der Waals surface area contributed by atoms with Gasteiger partial charge in [0.1, 0.15) is 5.75 Å². The smallest absolute Gasteiger partial charge is 0.358 e. The summed E-state index contributed by atoms with van der Waals surface area (Å²) in [5, 5.41) is 8.16. The maximum Gasteiger partial charge on any atom is 0.358 e. The fraction of sp³-hybridized carbons (Fsp3) is 0.421. The zero-order valence-corrected chi connectivity index (χ0v) is 16.8. The number of thiazole rings is 1. The Morgan fingerprint density at radius 3 is 2.52 bits per heavy atom. The molecule has 0 fully saturated rings. The molecule has 0 saturated carbocycles. The van der Waals surface area contributed by atoms with Gasteiger partial charge in [-0.25, -0.2) is 9.78 Å². The molecule has 0 radical (unpaired) electrons. The van der Waals surface area contributed by atoms with E-state index in [1.807, 2.05) is 0 Å². The number of aromatic nitrogens is 1. The first kappa shape index (κ1) is 20.7. The van der Waals surface area contributed by atoms with E-state index in [0.29, 0.717) is 22.5 Å². The van der Waals surface area contributed by atoms with Crippen LogP contribution in [0.3, 0.4) is 0 Å². The summed E-state index contributed by atoms with van der Waals surface area (Å²) < 4.78 is 10.3. The van der Waals surface area contributed by atoms with Crippen molar-refractivity contribution in [3.8, 4) is 5.75 Å². The quantitative estimate of drug-likeness (QED) is 0.632. The summed E-state index contributed by atoms with van der Waals surface area (Å²) in [5.74, 6) is 0.236. The van der Waals surface area contributed by atoms with Gasteiger partial charge in [0.05, 0.1) is 7.11 Å². The zero-order valence-electron chi connectivity index (χ0n) is 15.9. The summed E-state index contributed by atoms with van der Waals surface area (Å²) in [6.07, 6.45) is 0.0701. The highest BCUT2D eigenvalue weighted by Crippen LogP contribution is 2.18. The summed E-state index contributed by atoms with van der Waals surface area (Å²) >= 11 is 1.34. The molecule has 0 spiro atoms. The van der Waals surface area contributed by atoms with Crippen LogP contribution in [0.5, 0.6) is 5.75 Å². The van der Waals surface area contributed by atoms with Crippen molar-refractivity contribution >= 4 is 34.0 Å². The normalized spacial score (nSPS) is 11.7. The Hall–Kier alpha value is -2.61. The Morgan fingerprint density at radius 2 is 1.89 bits per heavy atom. The van der Waals surface area contributed by atoms with E-state index in [9.17, 15) is 9.59 Å². The molecule has 2 aromatic rings. The molecule has 0 unspecified atom stereocenters. The Labute approximate surface area is 163 Å². The SMILES string of the molecule is COc1ccc(NC(=O)[C@@H](C)OC(=O)c2csc(NCCC(C)C)n2)cc1. The van der Waals surface area contributed by atoms with Gasteiger partial charge in [-0.1, -0.05) is 13.8 Å². The third-order valence-corrected chi connectivity index (χ3v) is 4.52. The molecule has 0 aliphatic carbocycles. The molecule has 0 saturated heterocycles. The zero-order chi connectivity index (χ0) is 19.8. The van der Waals surface area contributed by atoms with Crippen molar-refractivity contribution in [2.45, 2.75) is 33.3 Å². The van der Waals surface area contributed by atoms with Gasteiger partial charge >= 0.3 is 5.97 Å². The van der Waals surface area contributed by atoms with Crippen molar-refractivity contribution in [2.75, 3.05) is 24.3 Å². The van der Waals surface area contributed by atoms with Crippen LogP contribution < -0.4 is 15.4 Å². The third-order valence-electron chi connectivity index (χ3n) is 3.72. The molecule has 1 aromatic carbocycles. The lowest BCUT2D eigenvalue weighted by Gasteiger charge is -2.13. The van der Waals surface area contributed by atoms with Crippen LogP contribution in [0.2, 0.25) is 0 Å². The van der Waals surface area contributed by atoms with Crippen LogP contribution in [0.25, 0.3) is 0 Å². The van der Waals surface area contributed by atoms with Crippen LogP contribution in [-0.4, -0.2) is 36.6 Å². The van der Waals surface area contributed by atoms with Crippen molar-refractivity contribution in [3.63, 3.8) is 0 Å². The van der Waals surface area contributed by atoms with Gasteiger partial charge in [-0.05, 0) is 43.5 Å². The van der Waals surface area contributed by atoms with Crippen molar-refractivity contribution in [2.24, 2.45) is 5.92 Å². The summed E-state index contributed by atoms with van der Waals surface area (Å²) in [4.78, 5) is 28.6. The number of carbonyl (C=O) groups is 2. The number of amides is 1. The summed E-state index contributed by atoms with van der Waals surface area (Å²) in [6.45, 7) is 6.60. The molecule has 1 heterocycles. The van der Waals surface area contributed by atoms with Crippen LogP contribution in [-0.2, 0) is 9.53 Å². The van der Waals surface area contributed by atoms with E-state index in [4.69, 9.17) is 9.47 Å². The number of rotatable bonds is 9. The lowest BCUT2D eigenvalue weighted by Crippen LogP contribution is -2.30. The first-order valence-corrected chi connectivity index (χ1v) is 9.62. The van der Waals surface area contributed by atoms with Gasteiger partial charge in [-0.2, -0.15) is 0 Å².